The molecule has 10 atom stereocenters. The van der Waals surface area contributed by atoms with Crippen LogP contribution in [0.1, 0.15) is 11.7 Å². The highest BCUT2D eigenvalue weighted by molar-refractivity contribution is 5.31. The lowest BCUT2D eigenvalue weighted by Crippen LogP contribution is -2.59. The highest BCUT2D eigenvalue weighted by Crippen LogP contribution is 2.29. The van der Waals surface area contributed by atoms with Gasteiger partial charge in [0.15, 0.2) is 12.4 Å². The van der Waals surface area contributed by atoms with Crippen LogP contribution in [0.3, 0.4) is 0 Å². The van der Waals surface area contributed by atoms with Crippen molar-refractivity contribution in [2.45, 2.75) is 61.4 Å². The number of benzene rings is 1. The zero-order valence-corrected chi connectivity index (χ0v) is 16.2. The lowest BCUT2D eigenvalue weighted by atomic mass is 9.99. The molecule has 12 nitrogen and oxygen atoms in total. The Balaban J connectivity index is 1.65. The van der Waals surface area contributed by atoms with Crippen molar-refractivity contribution < 1.29 is 54.7 Å². The smallest absolute Gasteiger partial charge is 0.229 e. The summed E-state index contributed by atoms with van der Waals surface area (Å²) in [4.78, 5) is 0. The molecule has 1 aromatic carbocycles. The molecule has 0 unspecified atom stereocenters. The molecular weight excluding hydrogens is 418 g/mol. The second-order valence-electron chi connectivity index (χ2n) is 7.24. The van der Waals surface area contributed by atoms with Crippen LogP contribution in [0.4, 0.5) is 0 Å². The van der Waals surface area contributed by atoms with Crippen molar-refractivity contribution in [3.63, 3.8) is 0 Å². The predicted octanol–water partition coefficient (Wildman–Crippen LogP) is -3.11. The number of hydrogen-bond acceptors (Lipinski definition) is 12. The van der Waals surface area contributed by atoms with Crippen molar-refractivity contribution in [1.29, 1.82) is 5.26 Å². The molecule has 172 valence electrons. The third kappa shape index (κ3) is 4.97. The van der Waals surface area contributed by atoms with Gasteiger partial charge in [-0.05, 0) is 17.7 Å². The first-order valence-corrected chi connectivity index (χ1v) is 9.55. The summed E-state index contributed by atoms with van der Waals surface area (Å²) in [5, 5.41) is 77.2. The third-order valence-corrected chi connectivity index (χ3v) is 5.17. The summed E-state index contributed by atoms with van der Waals surface area (Å²) in [6, 6.07) is 7.71. The molecule has 2 heterocycles. The molecule has 2 fully saturated rings. The Labute approximate surface area is 177 Å². The summed E-state index contributed by atoms with van der Waals surface area (Å²) in [6.07, 6.45) is -13.6. The molecule has 3 rings (SSSR count). The number of aliphatic hydroxyl groups is 7. The van der Waals surface area contributed by atoms with E-state index in [4.69, 9.17) is 24.1 Å². The molecule has 31 heavy (non-hydrogen) atoms. The molecule has 12 heteroatoms. The SMILES string of the molecule is N#C[C@H](O[C@@H]1O[C@H](CO)[C@@H](O)[C@H](O)[C@H]1O)c1ccc(O[C@@H]2O[C@H](CO)[C@@H](O)[C@@H]2O)cc1. The molecule has 0 amide bonds. The fraction of sp³-hybridized carbons (Fsp3) is 0.632. The standard InChI is InChI=1S/C19H25NO11/c20-5-10(29-19-17(27)15(25)13(23)11(6-21)31-19)8-1-3-9(4-2-8)28-18-16(26)14(24)12(7-22)30-18/h1-4,10-19,21-27H,6-7H2/t10-,11+,12+,13+,14+,15-,16-,17+,18+,19+/m0/s1. The topological polar surface area (TPSA) is 202 Å². The van der Waals surface area contributed by atoms with Gasteiger partial charge in [0, 0.05) is 0 Å². The summed E-state index contributed by atoms with van der Waals surface area (Å²) in [7, 11) is 0. The quantitative estimate of drug-likeness (QED) is 0.224. The first-order chi connectivity index (χ1) is 14.8. The van der Waals surface area contributed by atoms with Crippen molar-refractivity contribution in [2.24, 2.45) is 0 Å². The second-order valence-corrected chi connectivity index (χ2v) is 7.24. The van der Waals surface area contributed by atoms with Crippen LogP contribution in [-0.4, -0.2) is 104 Å². The molecule has 0 radical (unpaired) electrons. The molecular formula is C19H25NO11. The summed E-state index contributed by atoms with van der Waals surface area (Å²) in [6.45, 7) is -1.12. The molecule has 1 aromatic rings. The third-order valence-electron chi connectivity index (χ3n) is 5.17. The summed E-state index contributed by atoms with van der Waals surface area (Å²) < 4.78 is 21.4. The second kappa shape index (κ2) is 10.2. The van der Waals surface area contributed by atoms with Crippen molar-refractivity contribution in [1.82, 2.24) is 0 Å². The molecule has 0 aliphatic carbocycles. The number of ether oxygens (including phenoxy) is 4. The van der Waals surface area contributed by atoms with Crippen molar-refractivity contribution in [2.75, 3.05) is 13.2 Å². The van der Waals surface area contributed by atoms with Crippen LogP contribution in [-0.2, 0) is 14.2 Å². The van der Waals surface area contributed by atoms with Crippen LogP contribution < -0.4 is 4.74 Å². The van der Waals surface area contributed by atoms with Gasteiger partial charge in [-0.25, -0.2) is 0 Å². The Morgan fingerprint density at radius 3 is 1.87 bits per heavy atom. The van der Waals surface area contributed by atoms with Gasteiger partial charge in [-0.2, -0.15) is 5.26 Å². The van der Waals surface area contributed by atoms with E-state index in [2.05, 4.69) is 0 Å². The lowest BCUT2D eigenvalue weighted by Gasteiger charge is -2.40. The van der Waals surface area contributed by atoms with Crippen LogP contribution in [0.15, 0.2) is 24.3 Å². The number of nitrogens with zero attached hydrogens (tertiary/aromatic N) is 1. The van der Waals surface area contributed by atoms with Gasteiger partial charge in [-0.1, -0.05) is 12.1 Å². The number of nitriles is 1. The maximum Gasteiger partial charge on any atom is 0.229 e. The van der Waals surface area contributed by atoms with Gasteiger partial charge in [-0.15, -0.1) is 0 Å². The van der Waals surface area contributed by atoms with E-state index in [9.17, 15) is 35.9 Å². The molecule has 0 saturated carbocycles. The van der Waals surface area contributed by atoms with Crippen molar-refractivity contribution >= 4 is 0 Å². The molecule has 2 aliphatic heterocycles. The zero-order chi connectivity index (χ0) is 22.7. The van der Waals surface area contributed by atoms with E-state index >= 15 is 0 Å². The first kappa shape index (κ1) is 23.8. The van der Waals surface area contributed by atoms with E-state index < -0.39 is 74.6 Å². The number of aliphatic hydroxyl groups excluding tert-OH is 7. The van der Waals surface area contributed by atoms with E-state index in [-0.39, 0.29) is 5.75 Å². The summed E-state index contributed by atoms with van der Waals surface area (Å²) in [5.41, 5.74) is 0.341. The Bertz CT molecular complexity index is 754. The molecule has 2 saturated heterocycles. The van der Waals surface area contributed by atoms with Gasteiger partial charge >= 0.3 is 0 Å². The van der Waals surface area contributed by atoms with Crippen LogP contribution in [0.25, 0.3) is 0 Å². The summed E-state index contributed by atoms with van der Waals surface area (Å²) >= 11 is 0. The Hall–Kier alpha value is -1.89. The maximum atomic E-state index is 10.1. The highest BCUT2D eigenvalue weighted by Gasteiger charge is 2.45. The van der Waals surface area contributed by atoms with E-state index in [0.29, 0.717) is 5.56 Å². The zero-order valence-electron chi connectivity index (χ0n) is 16.2. The van der Waals surface area contributed by atoms with Gasteiger partial charge in [0.05, 0.1) is 19.3 Å². The number of hydrogen-bond donors (Lipinski definition) is 7. The fourth-order valence-electron chi connectivity index (χ4n) is 3.32. The Morgan fingerprint density at radius 1 is 0.806 bits per heavy atom. The predicted molar refractivity (Wildman–Crippen MR) is 98.0 cm³/mol. The fourth-order valence-corrected chi connectivity index (χ4v) is 3.32. The molecule has 2 aliphatic rings. The van der Waals surface area contributed by atoms with E-state index in [1.165, 1.54) is 24.3 Å². The normalized spacial score (nSPS) is 39.1. The largest absolute Gasteiger partial charge is 0.462 e. The number of rotatable bonds is 7. The highest BCUT2D eigenvalue weighted by atomic mass is 16.7. The van der Waals surface area contributed by atoms with Gasteiger partial charge < -0.3 is 54.7 Å². The summed E-state index contributed by atoms with van der Waals surface area (Å²) in [5.74, 6) is 0.239. The minimum atomic E-state index is -1.65. The van der Waals surface area contributed by atoms with Gasteiger partial charge in [0.2, 0.25) is 6.29 Å². The molecule has 0 bridgehead atoms. The molecule has 0 aromatic heterocycles. The first-order valence-electron chi connectivity index (χ1n) is 9.55. The van der Waals surface area contributed by atoms with Crippen LogP contribution in [0.2, 0.25) is 0 Å². The van der Waals surface area contributed by atoms with Gasteiger partial charge in [0.25, 0.3) is 0 Å². The van der Waals surface area contributed by atoms with Crippen molar-refractivity contribution in [3.05, 3.63) is 29.8 Å². The molecule has 7 N–H and O–H groups in total. The maximum absolute atomic E-state index is 10.1. The molecule has 0 spiro atoms. The average molecular weight is 443 g/mol. The van der Waals surface area contributed by atoms with Crippen LogP contribution in [0, 0.1) is 11.3 Å². The van der Waals surface area contributed by atoms with Crippen molar-refractivity contribution in [3.8, 4) is 11.8 Å². The van der Waals surface area contributed by atoms with E-state index in [1.807, 2.05) is 6.07 Å². The van der Waals surface area contributed by atoms with E-state index in [0.717, 1.165) is 0 Å². The monoisotopic (exact) mass is 443 g/mol. The Kier molecular flexibility index (Phi) is 7.78. The van der Waals surface area contributed by atoms with Crippen LogP contribution in [0.5, 0.6) is 5.75 Å². The van der Waals surface area contributed by atoms with E-state index in [1.54, 1.807) is 0 Å². The minimum Gasteiger partial charge on any atom is -0.462 e. The Morgan fingerprint density at radius 2 is 1.32 bits per heavy atom. The lowest BCUT2D eigenvalue weighted by molar-refractivity contribution is -0.307. The minimum absolute atomic E-state index is 0.239. The van der Waals surface area contributed by atoms with Gasteiger partial charge in [0.1, 0.15) is 48.5 Å². The van der Waals surface area contributed by atoms with Crippen LogP contribution >= 0.6 is 0 Å². The van der Waals surface area contributed by atoms with Gasteiger partial charge in [-0.3, -0.25) is 0 Å². The average Bonchev–Trinajstić information content (AvgIpc) is 3.05.